The van der Waals surface area contributed by atoms with E-state index in [1.165, 1.54) is 0 Å². The number of hydrogen-bond acceptors (Lipinski definition) is 4. The van der Waals surface area contributed by atoms with Gasteiger partial charge in [-0.1, -0.05) is 152 Å². The first-order valence-electron chi connectivity index (χ1n) is 21.6. The van der Waals surface area contributed by atoms with Gasteiger partial charge in [-0.15, -0.1) is 0 Å². The van der Waals surface area contributed by atoms with Gasteiger partial charge in [-0.05, 0) is 112 Å². The molecular weight excluding hydrogens is 783 g/mol. The largest absolute Gasteiger partial charge is 0.456 e. The van der Waals surface area contributed by atoms with E-state index in [1.54, 1.807) is 0 Å². The maximum absolute atomic E-state index is 7.15. The van der Waals surface area contributed by atoms with E-state index < -0.39 is 0 Å². The van der Waals surface area contributed by atoms with Gasteiger partial charge in [0.25, 0.3) is 0 Å². The zero-order valence-corrected chi connectivity index (χ0v) is 34.5. The average molecular weight is 820 g/mol. The van der Waals surface area contributed by atoms with Crippen molar-refractivity contribution in [1.29, 1.82) is 0 Å². The number of anilines is 3. The standard InChI is InChI=1S/C60H37NO3/c1-3-12-38(13-4-1)44-36-53-50-19-11-18-47(41-14-5-2-6-15-41)59(50)64-60(53)54(37-44)61(45-28-22-39(23-29-45)42-26-32-57-51(34-42)48-16-7-9-20-55(48)62-57)46-30-24-40(25-31-46)43-27-33-58-52(35-43)49-17-8-10-21-56(49)63-58/h1-37H. The normalized spacial score (nSPS) is 11.8. The first-order chi connectivity index (χ1) is 31.7. The van der Waals surface area contributed by atoms with Crippen LogP contribution >= 0.6 is 0 Å². The molecular formula is C60H37NO3. The van der Waals surface area contributed by atoms with Gasteiger partial charge >= 0.3 is 0 Å². The second kappa shape index (κ2) is 14.5. The lowest BCUT2D eigenvalue weighted by Gasteiger charge is -2.26. The molecule has 64 heavy (non-hydrogen) atoms. The fourth-order valence-corrected chi connectivity index (χ4v) is 9.53. The number of hydrogen-bond donors (Lipinski definition) is 0. The quantitative estimate of drug-likeness (QED) is 0.161. The van der Waals surface area contributed by atoms with E-state index in [-0.39, 0.29) is 0 Å². The van der Waals surface area contributed by atoms with Gasteiger partial charge in [0.05, 0.1) is 5.69 Å². The van der Waals surface area contributed by atoms with E-state index >= 15 is 0 Å². The average Bonchev–Trinajstić information content (AvgIpc) is 4.06. The van der Waals surface area contributed by atoms with Crippen LogP contribution in [0.15, 0.2) is 238 Å². The number of benzene rings is 10. The highest BCUT2D eigenvalue weighted by molar-refractivity contribution is 6.15. The lowest BCUT2D eigenvalue weighted by molar-refractivity contribution is 0.668. The van der Waals surface area contributed by atoms with Crippen molar-refractivity contribution >= 4 is 82.9 Å². The maximum atomic E-state index is 7.15. The molecule has 0 amide bonds. The molecule has 0 saturated carbocycles. The van der Waals surface area contributed by atoms with Gasteiger partial charge in [-0.25, -0.2) is 0 Å². The Bertz CT molecular complexity index is 3720. The molecule has 0 aliphatic heterocycles. The molecule has 13 aromatic rings. The lowest BCUT2D eigenvalue weighted by Crippen LogP contribution is -2.10. The Morgan fingerprint density at radius 1 is 0.250 bits per heavy atom. The minimum absolute atomic E-state index is 0.820. The van der Waals surface area contributed by atoms with Gasteiger partial charge in [-0.2, -0.15) is 0 Å². The number of fused-ring (bicyclic) bond motifs is 9. The topological polar surface area (TPSA) is 42.7 Å². The molecule has 4 nitrogen and oxygen atoms in total. The Morgan fingerprint density at radius 3 is 1.28 bits per heavy atom. The third-order valence-corrected chi connectivity index (χ3v) is 12.7. The van der Waals surface area contributed by atoms with E-state index in [0.717, 1.165) is 127 Å². The molecule has 0 unspecified atom stereocenters. The molecule has 0 aliphatic rings. The highest BCUT2D eigenvalue weighted by Crippen LogP contribution is 2.47. The molecule has 13 rings (SSSR count). The van der Waals surface area contributed by atoms with Crippen LogP contribution in [0, 0.1) is 0 Å². The van der Waals surface area contributed by atoms with Crippen LogP contribution in [0.4, 0.5) is 17.1 Å². The van der Waals surface area contributed by atoms with Crippen molar-refractivity contribution in [1.82, 2.24) is 0 Å². The molecule has 0 aliphatic carbocycles. The zero-order chi connectivity index (χ0) is 42.1. The van der Waals surface area contributed by atoms with E-state index in [2.05, 4.69) is 205 Å². The fraction of sp³-hybridized carbons (Fsp3) is 0. The van der Waals surface area contributed by atoms with Gasteiger partial charge in [0, 0.05) is 49.3 Å². The minimum atomic E-state index is 0.820. The number of nitrogens with zero attached hydrogens (tertiary/aromatic N) is 1. The van der Waals surface area contributed by atoms with Crippen molar-refractivity contribution in [2.75, 3.05) is 4.90 Å². The van der Waals surface area contributed by atoms with E-state index in [9.17, 15) is 0 Å². The molecule has 0 bridgehead atoms. The second-order valence-electron chi connectivity index (χ2n) is 16.4. The summed E-state index contributed by atoms with van der Waals surface area (Å²) in [5, 5.41) is 6.59. The Balaban J connectivity index is 1.00. The van der Waals surface area contributed by atoms with Crippen LogP contribution in [0.25, 0.3) is 110 Å². The first kappa shape index (κ1) is 36.1. The van der Waals surface area contributed by atoms with E-state index in [1.807, 2.05) is 24.3 Å². The van der Waals surface area contributed by atoms with Crippen LogP contribution in [0.2, 0.25) is 0 Å². The van der Waals surface area contributed by atoms with Crippen molar-refractivity contribution in [3.8, 4) is 44.5 Å². The summed E-state index contributed by atoms with van der Waals surface area (Å²) in [6.45, 7) is 0. The maximum Gasteiger partial charge on any atom is 0.159 e. The number of para-hydroxylation sites is 3. The Labute approximate surface area is 368 Å². The molecule has 4 heteroatoms. The predicted molar refractivity (Wildman–Crippen MR) is 265 cm³/mol. The van der Waals surface area contributed by atoms with Crippen molar-refractivity contribution in [2.45, 2.75) is 0 Å². The smallest absolute Gasteiger partial charge is 0.159 e. The molecule has 0 spiro atoms. The van der Waals surface area contributed by atoms with Crippen LogP contribution < -0.4 is 4.90 Å². The molecule has 0 N–H and O–H groups in total. The number of rotatable bonds is 7. The molecule has 0 radical (unpaired) electrons. The summed E-state index contributed by atoms with van der Waals surface area (Å²) in [6, 6.07) is 79.3. The zero-order valence-electron chi connectivity index (χ0n) is 34.5. The first-order valence-corrected chi connectivity index (χ1v) is 21.6. The highest BCUT2D eigenvalue weighted by atomic mass is 16.3. The fourth-order valence-electron chi connectivity index (χ4n) is 9.53. The summed E-state index contributed by atoms with van der Waals surface area (Å²) < 4.78 is 19.5. The van der Waals surface area contributed by atoms with Crippen LogP contribution in [-0.4, -0.2) is 0 Å². The van der Waals surface area contributed by atoms with Crippen LogP contribution in [0.5, 0.6) is 0 Å². The molecule has 3 heterocycles. The third-order valence-electron chi connectivity index (χ3n) is 12.7. The van der Waals surface area contributed by atoms with Gasteiger partial charge in [0.1, 0.15) is 27.9 Å². The van der Waals surface area contributed by atoms with Crippen LogP contribution in [0.3, 0.4) is 0 Å². The molecule has 300 valence electrons. The number of furan rings is 3. The molecule has 0 saturated heterocycles. The van der Waals surface area contributed by atoms with Gasteiger partial charge < -0.3 is 18.2 Å². The minimum Gasteiger partial charge on any atom is -0.456 e. The van der Waals surface area contributed by atoms with Crippen molar-refractivity contribution in [3.05, 3.63) is 224 Å². The molecule has 0 fully saturated rings. The molecule has 10 aromatic carbocycles. The summed E-state index contributed by atoms with van der Waals surface area (Å²) in [7, 11) is 0. The van der Waals surface area contributed by atoms with Crippen molar-refractivity contribution in [2.24, 2.45) is 0 Å². The Hall–Kier alpha value is -8.60. The summed E-state index contributed by atoms with van der Waals surface area (Å²) in [5.41, 5.74) is 17.1. The van der Waals surface area contributed by atoms with Crippen LogP contribution in [0.1, 0.15) is 0 Å². The SMILES string of the molecule is c1ccc(-c2cc(N(c3ccc(-c4ccc5oc6ccccc6c5c4)cc3)c3ccc(-c4ccc5oc6ccccc6c5c4)cc3)c3oc4c(-c5ccccc5)cccc4c3c2)cc1. The summed E-state index contributed by atoms with van der Waals surface area (Å²) >= 11 is 0. The Kier molecular flexibility index (Phi) is 8.18. The second-order valence-corrected chi connectivity index (χ2v) is 16.4. The van der Waals surface area contributed by atoms with Crippen molar-refractivity contribution in [3.63, 3.8) is 0 Å². The van der Waals surface area contributed by atoms with Gasteiger partial charge in [0.15, 0.2) is 5.58 Å². The van der Waals surface area contributed by atoms with Crippen LogP contribution in [-0.2, 0) is 0 Å². The van der Waals surface area contributed by atoms with Gasteiger partial charge in [0.2, 0.25) is 0 Å². The summed E-state index contributed by atoms with van der Waals surface area (Å²) in [6.07, 6.45) is 0. The third kappa shape index (κ3) is 5.92. The summed E-state index contributed by atoms with van der Waals surface area (Å²) in [5.74, 6) is 0. The molecule has 0 atom stereocenters. The summed E-state index contributed by atoms with van der Waals surface area (Å²) in [4.78, 5) is 2.34. The lowest BCUT2D eigenvalue weighted by atomic mass is 9.98. The van der Waals surface area contributed by atoms with E-state index in [4.69, 9.17) is 13.3 Å². The Morgan fingerprint density at radius 2 is 0.703 bits per heavy atom. The molecule has 3 aromatic heterocycles. The monoisotopic (exact) mass is 819 g/mol. The van der Waals surface area contributed by atoms with Crippen molar-refractivity contribution < 1.29 is 13.3 Å². The van der Waals surface area contributed by atoms with E-state index in [0.29, 0.717) is 0 Å². The highest BCUT2D eigenvalue weighted by Gasteiger charge is 2.23. The predicted octanol–water partition coefficient (Wildman–Crippen LogP) is 17.5. The van der Waals surface area contributed by atoms with Gasteiger partial charge in [-0.3, -0.25) is 0 Å².